The van der Waals surface area contributed by atoms with Gasteiger partial charge in [-0.2, -0.15) is 13.2 Å². The molecule has 27 heavy (non-hydrogen) atoms. The molecule has 0 saturated carbocycles. The smallest absolute Gasteiger partial charge is 0.389 e. The molecule has 5 nitrogen and oxygen atoms in total. The summed E-state index contributed by atoms with van der Waals surface area (Å²) in [6.45, 7) is 0. The Balaban J connectivity index is 1.94. The highest BCUT2D eigenvalue weighted by Gasteiger charge is 2.26. The van der Waals surface area contributed by atoms with Crippen LogP contribution < -0.4 is 10.6 Å². The number of benzene rings is 2. The standard InChI is InChI=1S/C19H19F3N2O3/c20-19(21,22)10-9-14-4-2-6-16(12-14)24-18(27)23-15-5-1-3-13(11-15)7-8-17(25)26/h1-6,11-12H,7-10H2,(H,25,26)(H2,23,24,27). The van der Waals surface area contributed by atoms with Crippen LogP contribution in [0.25, 0.3) is 0 Å². The van der Waals surface area contributed by atoms with Crippen molar-refractivity contribution in [3.05, 3.63) is 59.7 Å². The van der Waals surface area contributed by atoms with Crippen LogP contribution in [0.4, 0.5) is 29.3 Å². The highest BCUT2D eigenvalue weighted by Crippen LogP contribution is 2.23. The number of aryl methyl sites for hydroxylation is 2. The third-order valence-corrected chi connectivity index (χ3v) is 3.69. The minimum absolute atomic E-state index is 0.0135. The number of carbonyl (C=O) groups is 2. The van der Waals surface area contributed by atoms with Gasteiger partial charge in [0.05, 0.1) is 0 Å². The molecule has 0 atom stereocenters. The van der Waals surface area contributed by atoms with E-state index in [-0.39, 0.29) is 12.8 Å². The van der Waals surface area contributed by atoms with E-state index in [1.807, 2.05) is 0 Å². The molecule has 0 aliphatic carbocycles. The van der Waals surface area contributed by atoms with Crippen molar-refractivity contribution in [2.24, 2.45) is 0 Å². The van der Waals surface area contributed by atoms with Gasteiger partial charge in [-0.1, -0.05) is 24.3 Å². The minimum Gasteiger partial charge on any atom is -0.481 e. The van der Waals surface area contributed by atoms with Gasteiger partial charge in [-0.15, -0.1) is 0 Å². The number of carbonyl (C=O) groups excluding carboxylic acids is 1. The number of nitrogens with one attached hydrogen (secondary N) is 2. The largest absolute Gasteiger partial charge is 0.481 e. The van der Waals surface area contributed by atoms with Crippen LogP contribution in [0, 0.1) is 0 Å². The molecule has 2 rings (SSSR count). The number of hydrogen-bond acceptors (Lipinski definition) is 2. The van der Waals surface area contributed by atoms with Gasteiger partial charge in [0.25, 0.3) is 0 Å². The van der Waals surface area contributed by atoms with Gasteiger partial charge in [-0.05, 0) is 48.2 Å². The van der Waals surface area contributed by atoms with Gasteiger partial charge >= 0.3 is 18.2 Å². The molecule has 0 aliphatic heterocycles. The summed E-state index contributed by atoms with van der Waals surface area (Å²) >= 11 is 0. The molecule has 8 heteroatoms. The van der Waals surface area contributed by atoms with Crippen LogP contribution in [0.3, 0.4) is 0 Å². The number of amides is 2. The van der Waals surface area contributed by atoms with Crippen molar-refractivity contribution in [2.75, 3.05) is 10.6 Å². The summed E-state index contributed by atoms with van der Waals surface area (Å²) in [7, 11) is 0. The van der Waals surface area contributed by atoms with Crippen molar-refractivity contribution in [2.45, 2.75) is 31.9 Å². The topological polar surface area (TPSA) is 78.4 Å². The third-order valence-electron chi connectivity index (χ3n) is 3.69. The summed E-state index contributed by atoms with van der Waals surface area (Å²) in [5.74, 6) is -0.906. The van der Waals surface area contributed by atoms with Gasteiger partial charge in [0, 0.05) is 24.2 Å². The normalized spacial score (nSPS) is 11.1. The molecule has 3 N–H and O–H groups in total. The zero-order valence-corrected chi connectivity index (χ0v) is 14.3. The van der Waals surface area contributed by atoms with E-state index < -0.39 is 24.6 Å². The van der Waals surface area contributed by atoms with Crippen molar-refractivity contribution in [3.8, 4) is 0 Å². The van der Waals surface area contributed by atoms with Crippen molar-refractivity contribution in [3.63, 3.8) is 0 Å². The van der Waals surface area contributed by atoms with Gasteiger partial charge in [-0.3, -0.25) is 4.79 Å². The van der Waals surface area contributed by atoms with E-state index in [1.165, 1.54) is 6.07 Å². The molecule has 2 aromatic rings. The number of carboxylic acids is 1. The predicted octanol–water partition coefficient (Wildman–Crippen LogP) is 4.84. The average Bonchev–Trinajstić information content (AvgIpc) is 2.58. The minimum atomic E-state index is -4.23. The van der Waals surface area contributed by atoms with E-state index in [1.54, 1.807) is 42.5 Å². The summed E-state index contributed by atoms with van der Waals surface area (Å²) < 4.78 is 36.9. The lowest BCUT2D eigenvalue weighted by molar-refractivity contribution is -0.137. The molecular weight excluding hydrogens is 361 g/mol. The van der Waals surface area contributed by atoms with Crippen LogP contribution in [0.1, 0.15) is 24.0 Å². The Morgan fingerprint density at radius 1 is 0.889 bits per heavy atom. The van der Waals surface area contributed by atoms with E-state index >= 15 is 0 Å². The number of hydrogen-bond donors (Lipinski definition) is 3. The predicted molar refractivity (Wildman–Crippen MR) is 95.9 cm³/mol. The molecule has 0 radical (unpaired) electrons. The molecular formula is C19H19F3N2O3. The fourth-order valence-electron chi connectivity index (χ4n) is 2.44. The number of anilines is 2. The molecule has 0 spiro atoms. The molecule has 0 heterocycles. The van der Waals surface area contributed by atoms with Crippen LogP contribution in [0.15, 0.2) is 48.5 Å². The van der Waals surface area contributed by atoms with Gasteiger partial charge in [-0.25, -0.2) is 4.79 Å². The first kappa shape index (κ1) is 20.3. The van der Waals surface area contributed by atoms with E-state index in [4.69, 9.17) is 5.11 Å². The highest BCUT2D eigenvalue weighted by atomic mass is 19.4. The van der Waals surface area contributed by atoms with Gasteiger partial charge < -0.3 is 15.7 Å². The van der Waals surface area contributed by atoms with Crippen LogP contribution >= 0.6 is 0 Å². The molecule has 0 unspecified atom stereocenters. The van der Waals surface area contributed by atoms with Crippen molar-refractivity contribution in [1.82, 2.24) is 0 Å². The number of aliphatic carboxylic acids is 1. The SMILES string of the molecule is O=C(O)CCc1cccc(NC(=O)Nc2cccc(CCC(F)(F)F)c2)c1. The molecule has 0 aliphatic rings. The molecule has 0 fully saturated rings. The van der Waals surface area contributed by atoms with Crippen LogP contribution in [0.5, 0.6) is 0 Å². The molecule has 0 aromatic heterocycles. The summed E-state index contributed by atoms with van der Waals surface area (Å²) in [6.07, 6.45) is -4.99. The Kier molecular flexibility index (Phi) is 6.81. The second-order valence-electron chi connectivity index (χ2n) is 5.99. The van der Waals surface area contributed by atoms with Crippen molar-refractivity contribution < 1.29 is 27.9 Å². The maximum absolute atomic E-state index is 12.3. The second kappa shape index (κ2) is 9.07. The Morgan fingerprint density at radius 3 is 1.89 bits per heavy atom. The number of alkyl halides is 3. The van der Waals surface area contributed by atoms with Crippen molar-refractivity contribution in [1.29, 1.82) is 0 Å². The zero-order chi connectivity index (χ0) is 19.9. The van der Waals surface area contributed by atoms with Crippen LogP contribution in [-0.4, -0.2) is 23.3 Å². The zero-order valence-electron chi connectivity index (χ0n) is 14.3. The van der Waals surface area contributed by atoms with Crippen LogP contribution in [0.2, 0.25) is 0 Å². The number of halogens is 3. The summed E-state index contributed by atoms with van der Waals surface area (Å²) in [5, 5.41) is 13.9. The highest BCUT2D eigenvalue weighted by molar-refractivity contribution is 5.99. The molecule has 144 valence electrons. The van der Waals surface area contributed by atoms with Gasteiger partial charge in [0.1, 0.15) is 0 Å². The van der Waals surface area contributed by atoms with E-state index in [2.05, 4.69) is 10.6 Å². The monoisotopic (exact) mass is 380 g/mol. The average molecular weight is 380 g/mol. The van der Waals surface area contributed by atoms with Gasteiger partial charge in [0.2, 0.25) is 0 Å². The summed E-state index contributed by atoms with van der Waals surface area (Å²) in [6, 6.07) is 12.5. The molecule has 0 bridgehead atoms. The maximum atomic E-state index is 12.3. The molecule has 2 amide bonds. The summed E-state index contributed by atoms with van der Waals surface area (Å²) in [4.78, 5) is 22.7. The quantitative estimate of drug-likeness (QED) is 0.643. The van der Waals surface area contributed by atoms with E-state index in [9.17, 15) is 22.8 Å². The first-order valence-electron chi connectivity index (χ1n) is 8.26. The Bertz CT molecular complexity index is 807. The second-order valence-corrected chi connectivity index (χ2v) is 5.99. The molecule has 2 aromatic carbocycles. The van der Waals surface area contributed by atoms with Crippen molar-refractivity contribution >= 4 is 23.4 Å². The fourth-order valence-corrected chi connectivity index (χ4v) is 2.44. The Labute approximate surface area is 154 Å². The van der Waals surface area contributed by atoms with E-state index in [0.29, 0.717) is 23.4 Å². The fraction of sp³-hybridized carbons (Fsp3) is 0.263. The number of urea groups is 1. The third kappa shape index (κ3) is 7.81. The lowest BCUT2D eigenvalue weighted by Crippen LogP contribution is -2.19. The number of rotatable bonds is 7. The first-order chi connectivity index (χ1) is 12.7. The lowest BCUT2D eigenvalue weighted by atomic mass is 10.1. The van der Waals surface area contributed by atoms with Gasteiger partial charge in [0.15, 0.2) is 0 Å². The van der Waals surface area contributed by atoms with E-state index in [0.717, 1.165) is 5.56 Å². The first-order valence-corrected chi connectivity index (χ1v) is 8.26. The van der Waals surface area contributed by atoms with Crippen LogP contribution in [-0.2, 0) is 17.6 Å². The Hall–Kier alpha value is -3.03. The summed E-state index contributed by atoms with van der Waals surface area (Å²) in [5.41, 5.74) is 2.11. The molecule has 0 saturated heterocycles. The lowest BCUT2D eigenvalue weighted by Gasteiger charge is -2.11. The maximum Gasteiger partial charge on any atom is 0.389 e. The Morgan fingerprint density at radius 2 is 1.41 bits per heavy atom. The number of carboxylic acid groups (broad SMARTS) is 1.